The average Bonchev–Trinajstić information content (AvgIpc) is 3.06. The van der Waals surface area contributed by atoms with E-state index in [9.17, 15) is 4.39 Å². The molecule has 1 aromatic carbocycles. The highest BCUT2D eigenvalue weighted by atomic mass is 19.1. The molecule has 0 bridgehead atoms. The van der Waals surface area contributed by atoms with E-state index in [1.54, 1.807) is 34.9 Å². The highest BCUT2D eigenvalue weighted by Crippen LogP contribution is 2.25. The third-order valence-corrected chi connectivity index (χ3v) is 4.01. The maximum absolute atomic E-state index is 14.1. The molecule has 0 unspecified atom stereocenters. The second kappa shape index (κ2) is 6.34. The van der Waals surface area contributed by atoms with Crippen LogP contribution in [0.15, 0.2) is 42.7 Å². The molecule has 9 heteroatoms. The summed E-state index contributed by atoms with van der Waals surface area (Å²) >= 11 is 0. The maximum Gasteiger partial charge on any atom is 0.222 e. The van der Waals surface area contributed by atoms with Crippen molar-refractivity contribution in [2.75, 3.05) is 11.5 Å². The van der Waals surface area contributed by atoms with Crippen LogP contribution in [0.5, 0.6) is 0 Å². The van der Waals surface area contributed by atoms with E-state index in [4.69, 9.17) is 16.7 Å². The lowest BCUT2D eigenvalue weighted by molar-refractivity contribution is 0.602. The van der Waals surface area contributed by atoms with E-state index >= 15 is 0 Å². The van der Waals surface area contributed by atoms with Crippen LogP contribution in [0.4, 0.5) is 16.0 Å². The number of rotatable bonds is 3. The van der Waals surface area contributed by atoms with Gasteiger partial charge in [-0.1, -0.05) is 12.1 Å². The SMILES string of the molecule is N#Cc1cccc(-c2nc(N)nc3c2ncn3Cc2ccc(N)cc2F)n1. The maximum atomic E-state index is 14.1. The molecule has 0 saturated heterocycles. The summed E-state index contributed by atoms with van der Waals surface area (Å²) in [5.74, 6) is -0.385. The zero-order valence-corrected chi connectivity index (χ0v) is 14.0. The lowest BCUT2D eigenvalue weighted by Gasteiger charge is -2.07. The summed E-state index contributed by atoms with van der Waals surface area (Å²) in [5.41, 5.74) is 14.3. The first kappa shape index (κ1) is 16.4. The van der Waals surface area contributed by atoms with Crippen LogP contribution in [-0.4, -0.2) is 24.5 Å². The number of nitrogens with two attached hydrogens (primary N) is 2. The van der Waals surface area contributed by atoms with Gasteiger partial charge in [-0.25, -0.2) is 19.3 Å². The summed E-state index contributed by atoms with van der Waals surface area (Å²) < 4.78 is 15.8. The summed E-state index contributed by atoms with van der Waals surface area (Å²) in [6.45, 7) is 0.199. The zero-order valence-electron chi connectivity index (χ0n) is 14.0. The molecular formula is C18H13FN8. The fourth-order valence-corrected chi connectivity index (χ4v) is 2.76. The van der Waals surface area contributed by atoms with Gasteiger partial charge in [-0.3, -0.25) is 0 Å². The van der Waals surface area contributed by atoms with Gasteiger partial charge in [-0.2, -0.15) is 10.2 Å². The van der Waals surface area contributed by atoms with Gasteiger partial charge < -0.3 is 16.0 Å². The minimum Gasteiger partial charge on any atom is -0.399 e. The minimum absolute atomic E-state index is 0.0289. The summed E-state index contributed by atoms with van der Waals surface area (Å²) in [6, 6.07) is 11.5. The highest BCUT2D eigenvalue weighted by molar-refractivity contribution is 5.87. The van der Waals surface area contributed by atoms with E-state index < -0.39 is 5.82 Å². The van der Waals surface area contributed by atoms with Gasteiger partial charge in [-0.05, 0) is 24.3 Å². The number of hydrogen-bond acceptors (Lipinski definition) is 7. The Morgan fingerprint density at radius 3 is 2.74 bits per heavy atom. The Morgan fingerprint density at radius 1 is 1.11 bits per heavy atom. The van der Waals surface area contributed by atoms with Crippen LogP contribution < -0.4 is 11.5 Å². The van der Waals surface area contributed by atoms with Crippen LogP contribution in [0.1, 0.15) is 11.3 Å². The Labute approximate surface area is 152 Å². The second-order valence-corrected chi connectivity index (χ2v) is 5.85. The van der Waals surface area contributed by atoms with Gasteiger partial charge in [0.15, 0.2) is 5.65 Å². The van der Waals surface area contributed by atoms with Crippen molar-refractivity contribution in [3.63, 3.8) is 0 Å². The Kier molecular flexibility index (Phi) is 3.86. The standard InChI is InChI=1S/C18H13FN8/c19-13-6-11(21)5-4-10(13)8-27-9-23-16-15(25-18(22)26-17(16)27)14-3-1-2-12(7-20)24-14/h1-6,9H,8,21H2,(H2,22,25,26). The van der Waals surface area contributed by atoms with Crippen LogP contribution in [0.25, 0.3) is 22.6 Å². The number of nitriles is 1. The van der Waals surface area contributed by atoms with E-state index in [-0.39, 0.29) is 18.2 Å². The predicted molar refractivity (Wildman–Crippen MR) is 97.6 cm³/mol. The van der Waals surface area contributed by atoms with Crippen LogP contribution in [-0.2, 0) is 6.54 Å². The number of aromatic nitrogens is 5. The molecule has 0 atom stereocenters. The number of hydrogen-bond donors (Lipinski definition) is 2. The van der Waals surface area contributed by atoms with E-state index in [1.807, 2.05) is 6.07 Å². The third-order valence-electron chi connectivity index (χ3n) is 4.01. The molecule has 0 amide bonds. The van der Waals surface area contributed by atoms with Crippen molar-refractivity contribution in [2.45, 2.75) is 6.54 Å². The number of halogens is 1. The lowest BCUT2D eigenvalue weighted by Crippen LogP contribution is -2.05. The van der Waals surface area contributed by atoms with Crippen molar-refractivity contribution in [3.8, 4) is 17.5 Å². The predicted octanol–water partition coefficient (Wildman–Crippen LogP) is 2.11. The molecule has 3 heterocycles. The number of nitrogen functional groups attached to an aromatic ring is 2. The minimum atomic E-state index is -0.414. The van der Waals surface area contributed by atoms with Gasteiger partial charge in [0.05, 0.1) is 18.6 Å². The van der Waals surface area contributed by atoms with Crippen molar-refractivity contribution >= 4 is 22.8 Å². The third kappa shape index (κ3) is 3.00. The second-order valence-electron chi connectivity index (χ2n) is 5.85. The molecule has 4 rings (SSSR count). The number of pyridine rings is 1. The van der Waals surface area contributed by atoms with Gasteiger partial charge in [0.1, 0.15) is 28.8 Å². The average molecular weight is 360 g/mol. The molecular weight excluding hydrogens is 347 g/mol. The fourth-order valence-electron chi connectivity index (χ4n) is 2.76. The molecule has 0 spiro atoms. The summed E-state index contributed by atoms with van der Waals surface area (Å²) in [7, 11) is 0. The van der Waals surface area contributed by atoms with Crippen molar-refractivity contribution in [1.82, 2.24) is 24.5 Å². The largest absolute Gasteiger partial charge is 0.399 e. The van der Waals surface area contributed by atoms with Crippen LogP contribution in [0.2, 0.25) is 0 Å². The molecule has 4 N–H and O–H groups in total. The smallest absolute Gasteiger partial charge is 0.222 e. The molecule has 0 aliphatic carbocycles. The van der Waals surface area contributed by atoms with Gasteiger partial charge in [0.25, 0.3) is 0 Å². The van der Waals surface area contributed by atoms with Crippen molar-refractivity contribution in [2.24, 2.45) is 0 Å². The molecule has 132 valence electrons. The van der Waals surface area contributed by atoms with Crippen molar-refractivity contribution in [3.05, 3.63) is 59.8 Å². The zero-order chi connectivity index (χ0) is 19.0. The first-order valence-corrected chi connectivity index (χ1v) is 7.95. The first-order valence-electron chi connectivity index (χ1n) is 7.95. The van der Waals surface area contributed by atoms with Gasteiger partial charge in [0, 0.05) is 11.3 Å². The Balaban J connectivity index is 1.84. The lowest BCUT2D eigenvalue weighted by atomic mass is 10.2. The fraction of sp³-hybridized carbons (Fsp3) is 0.0556. The molecule has 27 heavy (non-hydrogen) atoms. The Bertz CT molecular complexity index is 1210. The van der Waals surface area contributed by atoms with E-state index in [2.05, 4.69) is 19.9 Å². The van der Waals surface area contributed by atoms with Crippen LogP contribution in [0, 0.1) is 17.1 Å². The van der Waals surface area contributed by atoms with Gasteiger partial charge in [0.2, 0.25) is 5.95 Å². The number of imidazole rings is 1. The summed E-state index contributed by atoms with van der Waals surface area (Å²) in [5, 5.41) is 9.06. The monoisotopic (exact) mass is 360 g/mol. The molecule has 3 aromatic heterocycles. The topological polar surface area (TPSA) is 132 Å². The van der Waals surface area contributed by atoms with Crippen molar-refractivity contribution in [1.29, 1.82) is 5.26 Å². The molecule has 0 saturated carbocycles. The molecule has 0 aliphatic rings. The molecule has 8 nitrogen and oxygen atoms in total. The number of fused-ring (bicyclic) bond motifs is 1. The van der Waals surface area contributed by atoms with Gasteiger partial charge >= 0.3 is 0 Å². The van der Waals surface area contributed by atoms with Crippen LogP contribution >= 0.6 is 0 Å². The number of nitrogens with zero attached hydrogens (tertiary/aromatic N) is 6. The molecule has 4 aromatic rings. The van der Waals surface area contributed by atoms with E-state index in [1.165, 1.54) is 12.4 Å². The van der Waals surface area contributed by atoms with Crippen molar-refractivity contribution < 1.29 is 4.39 Å². The molecule has 0 aliphatic heterocycles. The number of anilines is 2. The van der Waals surface area contributed by atoms with E-state index in [0.29, 0.717) is 33.8 Å². The molecule has 0 fully saturated rings. The molecule has 0 radical (unpaired) electrons. The van der Waals surface area contributed by atoms with Gasteiger partial charge in [-0.15, -0.1) is 0 Å². The number of benzene rings is 1. The summed E-state index contributed by atoms with van der Waals surface area (Å²) in [6.07, 6.45) is 1.53. The van der Waals surface area contributed by atoms with Crippen LogP contribution in [0.3, 0.4) is 0 Å². The van der Waals surface area contributed by atoms with E-state index in [0.717, 1.165) is 0 Å². The Hall–Kier alpha value is -4.06. The highest BCUT2D eigenvalue weighted by Gasteiger charge is 2.16. The normalized spacial score (nSPS) is 10.8. The summed E-state index contributed by atoms with van der Waals surface area (Å²) in [4.78, 5) is 17.0. The Morgan fingerprint density at radius 2 is 1.96 bits per heavy atom. The quantitative estimate of drug-likeness (QED) is 0.535. The first-order chi connectivity index (χ1) is 13.0.